The van der Waals surface area contributed by atoms with Crippen molar-refractivity contribution in [3.05, 3.63) is 6.61 Å². The third-order valence-corrected chi connectivity index (χ3v) is 0.863. The fourth-order valence-corrected chi connectivity index (χ4v) is 0.455. The van der Waals surface area contributed by atoms with Crippen molar-refractivity contribution in [3.63, 3.8) is 0 Å². The van der Waals surface area contributed by atoms with E-state index in [1.54, 1.807) is 0 Å². The van der Waals surface area contributed by atoms with Crippen molar-refractivity contribution < 1.29 is 9.84 Å². The molecule has 0 spiro atoms. The second kappa shape index (κ2) is 7.88. The Morgan fingerprint density at radius 1 is 1.67 bits per heavy atom. The van der Waals surface area contributed by atoms with Gasteiger partial charge in [0.2, 0.25) is 0 Å². The Hall–Kier alpha value is -0.120. The third kappa shape index (κ3) is 7.88. The number of rotatable bonds is 6. The van der Waals surface area contributed by atoms with Gasteiger partial charge in [-0.3, -0.25) is 0 Å². The fourth-order valence-electron chi connectivity index (χ4n) is 0.455. The highest BCUT2D eigenvalue weighted by Gasteiger charge is 1.83. The van der Waals surface area contributed by atoms with Crippen LogP contribution in [-0.4, -0.2) is 31.4 Å². The molecule has 0 aromatic rings. The molecule has 55 valence electrons. The molecule has 0 aliphatic rings. The summed E-state index contributed by atoms with van der Waals surface area (Å²) in [5.41, 5.74) is 0. The first-order valence-electron chi connectivity index (χ1n) is 3.16. The van der Waals surface area contributed by atoms with Crippen LogP contribution >= 0.6 is 0 Å². The molecule has 0 fully saturated rings. The summed E-state index contributed by atoms with van der Waals surface area (Å²) in [7, 11) is 0. The molecule has 3 heteroatoms. The van der Waals surface area contributed by atoms with Crippen molar-refractivity contribution in [3.8, 4) is 0 Å². The molecule has 2 N–H and O–H groups in total. The van der Waals surface area contributed by atoms with Crippen LogP contribution in [0.15, 0.2) is 0 Å². The van der Waals surface area contributed by atoms with Gasteiger partial charge in [-0.05, 0) is 6.92 Å². The van der Waals surface area contributed by atoms with E-state index in [0.29, 0.717) is 13.2 Å². The second-order valence-corrected chi connectivity index (χ2v) is 1.58. The lowest BCUT2D eigenvalue weighted by Gasteiger charge is -2.00. The molecule has 0 heterocycles. The highest BCUT2D eigenvalue weighted by molar-refractivity contribution is 4.51. The standard InChI is InChI=1S/C6H14NO2/c1-2-9-6-4-7-3-5-8/h5,7-8H,2-4,6H2,1H3. The lowest BCUT2D eigenvalue weighted by atomic mass is 10.6. The topological polar surface area (TPSA) is 41.5 Å². The first-order valence-corrected chi connectivity index (χ1v) is 3.16. The molecule has 0 amide bonds. The molecule has 0 saturated heterocycles. The van der Waals surface area contributed by atoms with E-state index < -0.39 is 0 Å². The summed E-state index contributed by atoms with van der Waals surface area (Å²) < 4.78 is 5.02. The van der Waals surface area contributed by atoms with Gasteiger partial charge in [0.05, 0.1) is 13.2 Å². The van der Waals surface area contributed by atoms with E-state index in [1.807, 2.05) is 6.92 Å². The molecule has 9 heavy (non-hydrogen) atoms. The van der Waals surface area contributed by atoms with Crippen LogP contribution in [-0.2, 0) is 4.74 Å². The van der Waals surface area contributed by atoms with Crippen molar-refractivity contribution in [1.29, 1.82) is 0 Å². The molecular formula is C6H14NO2. The maximum atomic E-state index is 8.19. The Balaban J connectivity index is 2.60. The molecule has 3 nitrogen and oxygen atoms in total. The van der Waals surface area contributed by atoms with E-state index in [2.05, 4.69) is 5.32 Å². The summed E-state index contributed by atoms with van der Waals surface area (Å²) in [6.07, 6.45) is 0. The summed E-state index contributed by atoms with van der Waals surface area (Å²) in [5.74, 6) is 0. The minimum absolute atomic E-state index is 0.535. The zero-order valence-corrected chi connectivity index (χ0v) is 5.76. The summed E-state index contributed by atoms with van der Waals surface area (Å²) in [4.78, 5) is 0. The Morgan fingerprint density at radius 3 is 3.00 bits per heavy atom. The van der Waals surface area contributed by atoms with E-state index in [4.69, 9.17) is 9.84 Å². The van der Waals surface area contributed by atoms with Gasteiger partial charge in [-0.2, -0.15) is 0 Å². The SMILES string of the molecule is CCOCCNC[CH]O. The van der Waals surface area contributed by atoms with Gasteiger partial charge in [0.15, 0.2) is 0 Å². The van der Waals surface area contributed by atoms with Crippen molar-refractivity contribution in [2.45, 2.75) is 6.92 Å². The molecule has 0 unspecified atom stereocenters. The van der Waals surface area contributed by atoms with Gasteiger partial charge in [-0.15, -0.1) is 0 Å². The largest absolute Gasteiger partial charge is 0.389 e. The average molecular weight is 132 g/mol. The van der Waals surface area contributed by atoms with Crippen molar-refractivity contribution in [2.75, 3.05) is 26.3 Å². The van der Waals surface area contributed by atoms with E-state index >= 15 is 0 Å². The zero-order valence-electron chi connectivity index (χ0n) is 5.76. The fraction of sp³-hybridized carbons (Fsp3) is 0.833. The van der Waals surface area contributed by atoms with Gasteiger partial charge in [0.25, 0.3) is 0 Å². The highest BCUT2D eigenvalue weighted by Crippen LogP contribution is 1.70. The van der Waals surface area contributed by atoms with Gasteiger partial charge >= 0.3 is 0 Å². The normalized spacial score (nSPS) is 10.0. The smallest absolute Gasteiger partial charge is 0.0935 e. The lowest BCUT2D eigenvalue weighted by molar-refractivity contribution is 0.149. The van der Waals surface area contributed by atoms with Crippen LogP contribution in [0.4, 0.5) is 0 Å². The predicted molar refractivity (Wildman–Crippen MR) is 35.6 cm³/mol. The maximum absolute atomic E-state index is 8.19. The molecule has 0 aliphatic carbocycles. The van der Waals surface area contributed by atoms with Crippen LogP contribution in [0.3, 0.4) is 0 Å². The van der Waals surface area contributed by atoms with Crippen LogP contribution in [0.1, 0.15) is 6.92 Å². The van der Waals surface area contributed by atoms with Crippen LogP contribution in [0.25, 0.3) is 0 Å². The Labute approximate surface area is 56.0 Å². The van der Waals surface area contributed by atoms with Gasteiger partial charge in [0, 0.05) is 19.7 Å². The number of aliphatic hydroxyl groups is 1. The molecule has 1 radical (unpaired) electrons. The van der Waals surface area contributed by atoms with E-state index in [9.17, 15) is 0 Å². The van der Waals surface area contributed by atoms with E-state index in [1.165, 1.54) is 0 Å². The molecule has 0 aromatic heterocycles. The van der Waals surface area contributed by atoms with Crippen molar-refractivity contribution >= 4 is 0 Å². The third-order valence-electron chi connectivity index (χ3n) is 0.863. The monoisotopic (exact) mass is 132 g/mol. The Kier molecular flexibility index (Phi) is 7.77. The van der Waals surface area contributed by atoms with Gasteiger partial charge in [-0.25, -0.2) is 0 Å². The predicted octanol–water partition coefficient (Wildman–Crippen LogP) is 0.147. The molecule has 0 aliphatic heterocycles. The summed E-state index contributed by atoms with van der Waals surface area (Å²) in [5, 5.41) is 11.1. The Bertz CT molecular complexity index is 44.3. The van der Waals surface area contributed by atoms with Gasteiger partial charge in [-0.1, -0.05) is 0 Å². The number of nitrogens with one attached hydrogen (secondary N) is 1. The first kappa shape index (κ1) is 8.88. The molecule has 0 saturated carbocycles. The number of aliphatic hydroxyl groups excluding tert-OH is 1. The van der Waals surface area contributed by atoms with Crippen LogP contribution in [0.2, 0.25) is 0 Å². The minimum Gasteiger partial charge on any atom is -0.389 e. The van der Waals surface area contributed by atoms with E-state index in [0.717, 1.165) is 19.8 Å². The Morgan fingerprint density at radius 2 is 2.44 bits per heavy atom. The summed E-state index contributed by atoms with van der Waals surface area (Å²) in [6, 6.07) is 0. The molecule has 0 aromatic carbocycles. The van der Waals surface area contributed by atoms with Crippen molar-refractivity contribution in [1.82, 2.24) is 5.32 Å². The first-order chi connectivity index (χ1) is 4.41. The minimum atomic E-state index is 0.535. The lowest BCUT2D eigenvalue weighted by Crippen LogP contribution is -2.20. The number of hydrogen-bond donors (Lipinski definition) is 2. The highest BCUT2D eigenvalue weighted by atomic mass is 16.5. The van der Waals surface area contributed by atoms with Crippen LogP contribution in [0, 0.1) is 6.61 Å². The van der Waals surface area contributed by atoms with Gasteiger partial charge in [0.1, 0.15) is 0 Å². The maximum Gasteiger partial charge on any atom is 0.0935 e. The second-order valence-electron chi connectivity index (χ2n) is 1.58. The average Bonchev–Trinajstić information content (AvgIpc) is 1.89. The van der Waals surface area contributed by atoms with Gasteiger partial charge < -0.3 is 15.2 Å². The van der Waals surface area contributed by atoms with Crippen LogP contribution < -0.4 is 5.32 Å². The molecular weight excluding hydrogens is 118 g/mol. The molecule has 0 bridgehead atoms. The molecule has 0 rings (SSSR count). The van der Waals surface area contributed by atoms with Crippen LogP contribution in [0.5, 0.6) is 0 Å². The number of ether oxygens (including phenoxy) is 1. The van der Waals surface area contributed by atoms with Crippen molar-refractivity contribution in [2.24, 2.45) is 0 Å². The summed E-state index contributed by atoms with van der Waals surface area (Å²) in [6.45, 7) is 5.84. The molecule has 0 atom stereocenters. The van der Waals surface area contributed by atoms with E-state index in [-0.39, 0.29) is 0 Å². The summed E-state index contributed by atoms with van der Waals surface area (Å²) >= 11 is 0. The quantitative estimate of drug-likeness (QED) is 0.505. The number of hydrogen-bond acceptors (Lipinski definition) is 3. The zero-order chi connectivity index (χ0) is 6.95.